The molecule has 1 amide bonds. The van der Waals surface area contributed by atoms with Crippen LogP contribution in [0.3, 0.4) is 0 Å². The van der Waals surface area contributed by atoms with E-state index >= 15 is 0 Å². The molecule has 0 saturated carbocycles. The summed E-state index contributed by atoms with van der Waals surface area (Å²) in [6.45, 7) is 0.0964. The van der Waals surface area contributed by atoms with E-state index in [-0.39, 0.29) is 12.5 Å². The summed E-state index contributed by atoms with van der Waals surface area (Å²) in [5, 5.41) is 7.42. The van der Waals surface area contributed by atoms with Crippen LogP contribution in [0.15, 0.2) is 61.2 Å². The fraction of sp³-hybridized carbons (Fsp3) is 0.136. The quantitative estimate of drug-likeness (QED) is 0.275. The Bertz CT molecular complexity index is 1140. The first-order chi connectivity index (χ1) is 15.9. The number of halogens is 1. The standard InChI is InChI=1S/C22H24ClN7O3/c1-26-21(31)14-8-15(20(23)19(9-14)32-2)13-33-18-11-27-22(28-12-18)29-16-4-3-5-17(10-16)30(25)7-6-24/h3-12H,13,24-25H2,1-2H3,(H,26,31)(H,27,28,29)/b7-6-. The number of hydrogen-bond acceptors (Lipinski definition) is 9. The number of hydrazine groups is 1. The molecule has 0 unspecified atom stereocenters. The van der Waals surface area contributed by atoms with Gasteiger partial charge in [0.15, 0.2) is 5.75 Å². The highest BCUT2D eigenvalue weighted by molar-refractivity contribution is 6.33. The minimum Gasteiger partial charge on any atom is -0.495 e. The molecule has 172 valence electrons. The number of nitrogens with two attached hydrogens (primary N) is 2. The predicted molar refractivity (Wildman–Crippen MR) is 127 cm³/mol. The topological polar surface area (TPSA) is 141 Å². The molecule has 33 heavy (non-hydrogen) atoms. The van der Waals surface area contributed by atoms with Gasteiger partial charge in [-0.2, -0.15) is 0 Å². The van der Waals surface area contributed by atoms with Gasteiger partial charge in [0.05, 0.1) is 30.2 Å². The van der Waals surface area contributed by atoms with E-state index in [9.17, 15) is 4.79 Å². The highest BCUT2D eigenvalue weighted by Crippen LogP contribution is 2.31. The number of rotatable bonds is 9. The van der Waals surface area contributed by atoms with Crippen molar-refractivity contribution in [3.05, 3.63) is 77.3 Å². The molecule has 0 bridgehead atoms. The number of amides is 1. The van der Waals surface area contributed by atoms with Crippen LogP contribution >= 0.6 is 11.6 Å². The summed E-state index contributed by atoms with van der Waals surface area (Å²) in [6, 6.07) is 10.6. The number of carbonyl (C=O) groups excluding carboxylic acids is 1. The van der Waals surface area contributed by atoms with Crippen LogP contribution in [0.2, 0.25) is 5.02 Å². The zero-order valence-corrected chi connectivity index (χ0v) is 18.8. The van der Waals surface area contributed by atoms with E-state index in [2.05, 4.69) is 20.6 Å². The first-order valence-electron chi connectivity index (χ1n) is 9.78. The summed E-state index contributed by atoms with van der Waals surface area (Å²) < 4.78 is 11.0. The number of nitrogens with one attached hydrogen (secondary N) is 2. The third-order valence-corrected chi connectivity index (χ3v) is 4.92. The minimum atomic E-state index is -0.258. The molecule has 0 saturated heterocycles. The van der Waals surface area contributed by atoms with E-state index in [1.54, 1.807) is 19.2 Å². The Morgan fingerprint density at radius 3 is 2.67 bits per heavy atom. The minimum absolute atomic E-state index is 0.0964. The SMILES string of the molecule is CNC(=O)c1cc(COc2cnc(Nc3cccc(N(N)/C=C\N)c3)nc2)c(Cl)c(OC)c1. The molecule has 0 aliphatic carbocycles. The number of methoxy groups -OCH3 is 1. The van der Waals surface area contributed by atoms with E-state index in [4.69, 9.17) is 32.7 Å². The molecule has 3 rings (SSSR count). The smallest absolute Gasteiger partial charge is 0.251 e. The van der Waals surface area contributed by atoms with Gasteiger partial charge < -0.3 is 25.8 Å². The molecular weight excluding hydrogens is 446 g/mol. The van der Waals surface area contributed by atoms with Gasteiger partial charge in [0.1, 0.15) is 12.4 Å². The number of hydrogen-bond donors (Lipinski definition) is 4. The van der Waals surface area contributed by atoms with Crippen molar-refractivity contribution < 1.29 is 14.3 Å². The lowest BCUT2D eigenvalue weighted by molar-refractivity contribution is 0.0962. The molecular formula is C22H24ClN7O3. The monoisotopic (exact) mass is 469 g/mol. The van der Waals surface area contributed by atoms with E-state index < -0.39 is 0 Å². The highest BCUT2D eigenvalue weighted by atomic mass is 35.5. The third kappa shape index (κ3) is 6.03. The summed E-state index contributed by atoms with van der Waals surface area (Å²) in [5.41, 5.74) is 7.84. The van der Waals surface area contributed by atoms with E-state index in [0.29, 0.717) is 33.6 Å². The van der Waals surface area contributed by atoms with E-state index in [1.165, 1.54) is 36.9 Å². The molecule has 3 aromatic rings. The summed E-state index contributed by atoms with van der Waals surface area (Å²) >= 11 is 6.36. The largest absolute Gasteiger partial charge is 0.495 e. The van der Waals surface area contributed by atoms with Gasteiger partial charge in [-0.3, -0.25) is 9.80 Å². The summed E-state index contributed by atoms with van der Waals surface area (Å²) in [4.78, 5) is 20.5. The van der Waals surface area contributed by atoms with E-state index in [1.807, 2.05) is 24.3 Å². The average molecular weight is 470 g/mol. The van der Waals surface area contributed by atoms with Crippen LogP contribution < -0.4 is 36.7 Å². The van der Waals surface area contributed by atoms with Gasteiger partial charge >= 0.3 is 0 Å². The van der Waals surface area contributed by atoms with Crippen molar-refractivity contribution in [2.24, 2.45) is 11.6 Å². The second-order valence-corrected chi connectivity index (χ2v) is 7.06. The second-order valence-electron chi connectivity index (χ2n) is 6.69. The summed E-state index contributed by atoms with van der Waals surface area (Å²) in [5.74, 6) is 6.81. The number of ether oxygens (including phenoxy) is 2. The Kier molecular flexibility index (Phi) is 7.90. The van der Waals surface area contributed by atoms with Gasteiger partial charge in [-0.1, -0.05) is 17.7 Å². The Balaban J connectivity index is 1.68. The number of nitrogens with zero attached hydrogens (tertiary/aromatic N) is 3. The fourth-order valence-corrected chi connectivity index (χ4v) is 3.09. The summed E-state index contributed by atoms with van der Waals surface area (Å²) in [7, 11) is 3.03. The first-order valence-corrected chi connectivity index (χ1v) is 10.2. The van der Waals surface area contributed by atoms with Crippen molar-refractivity contribution in [2.45, 2.75) is 6.61 Å². The third-order valence-electron chi connectivity index (χ3n) is 4.49. The van der Waals surface area contributed by atoms with Crippen molar-refractivity contribution in [2.75, 3.05) is 24.5 Å². The van der Waals surface area contributed by atoms with Crippen LogP contribution in [0.4, 0.5) is 17.3 Å². The Morgan fingerprint density at radius 2 is 2.00 bits per heavy atom. The highest BCUT2D eigenvalue weighted by Gasteiger charge is 2.14. The lowest BCUT2D eigenvalue weighted by Crippen LogP contribution is -2.24. The van der Waals surface area contributed by atoms with Crippen molar-refractivity contribution in [1.29, 1.82) is 0 Å². The molecule has 0 aliphatic heterocycles. The lowest BCUT2D eigenvalue weighted by Gasteiger charge is -2.15. The molecule has 10 nitrogen and oxygen atoms in total. The molecule has 1 aromatic heterocycles. The molecule has 0 spiro atoms. The van der Waals surface area contributed by atoms with Crippen molar-refractivity contribution in [1.82, 2.24) is 15.3 Å². The van der Waals surface area contributed by atoms with Crippen LogP contribution in [0.25, 0.3) is 0 Å². The van der Waals surface area contributed by atoms with Gasteiger partial charge in [-0.05, 0) is 30.3 Å². The molecule has 0 aliphatic rings. The van der Waals surface area contributed by atoms with E-state index in [0.717, 1.165) is 11.4 Å². The zero-order valence-electron chi connectivity index (χ0n) is 18.1. The van der Waals surface area contributed by atoms with Gasteiger partial charge in [0.25, 0.3) is 5.91 Å². The van der Waals surface area contributed by atoms with Crippen LogP contribution in [-0.4, -0.2) is 30.0 Å². The molecule has 0 atom stereocenters. The first kappa shape index (κ1) is 23.6. The maximum absolute atomic E-state index is 12.0. The molecule has 0 radical (unpaired) electrons. The lowest BCUT2D eigenvalue weighted by atomic mass is 10.1. The Labute approximate surface area is 196 Å². The molecule has 0 fully saturated rings. The van der Waals surface area contributed by atoms with Crippen LogP contribution in [-0.2, 0) is 6.61 Å². The zero-order chi connectivity index (χ0) is 23.8. The predicted octanol–water partition coefficient (Wildman–Crippen LogP) is 2.93. The van der Waals surface area contributed by atoms with Crippen molar-refractivity contribution >= 4 is 34.8 Å². The van der Waals surface area contributed by atoms with Crippen LogP contribution in [0.5, 0.6) is 11.5 Å². The fourth-order valence-electron chi connectivity index (χ4n) is 2.85. The molecule has 1 heterocycles. The van der Waals surface area contributed by atoms with Crippen LogP contribution in [0, 0.1) is 0 Å². The van der Waals surface area contributed by atoms with Gasteiger partial charge in [-0.15, -0.1) is 0 Å². The molecule has 2 aromatic carbocycles. The molecule has 6 N–H and O–H groups in total. The average Bonchev–Trinajstić information content (AvgIpc) is 2.84. The maximum atomic E-state index is 12.0. The number of anilines is 3. The van der Waals surface area contributed by atoms with Gasteiger partial charge in [0.2, 0.25) is 5.95 Å². The summed E-state index contributed by atoms with van der Waals surface area (Å²) in [6.07, 6.45) is 5.94. The van der Waals surface area contributed by atoms with Crippen LogP contribution in [0.1, 0.15) is 15.9 Å². The number of benzene rings is 2. The maximum Gasteiger partial charge on any atom is 0.251 e. The second kappa shape index (κ2) is 11.0. The van der Waals surface area contributed by atoms with Gasteiger partial charge in [-0.25, -0.2) is 15.8 Å². The Hall–Kier alpha value is -4.02. The molecule has 11 heteroatoms. The number of aromatic nitrogens is 2. The van der Waals surface area contributed by atoms with Crippen molar-refractivity contribution in [3.8, 4) is 11.5 Å². The normalized spacial score (nSPS) is 10.7. The number of carbonyl (C=O) groups is 1. The Morgan fingerprint density at radius 1 is 1.24 bits per heavy atom. The van der Waals surface area contributed by atoms with Gasteiger partial charge in [0, 0.05) is 36.3 Å². The van der Waals surface area contributed by atoms with Crippen molar-refractivity contribution in [3.63, 3.8) is 0 Å².